The predicted molar refractivity (Wildman–Crippen MR) is 88.5 cm³/mol. The number of carbonyl (C=O) groups is 1. The van der Waals surface area contributed by atoms with Gasteiger partial charge in [0.05, 0.1) is 7.11 Å². The standard InChI is InChI=1S/C19H21NO3/c1-22-17-11-7-15(8-12-17)13-20(16-9-10-16)19(21)14-23-18-5-3-2-4-6-18/h2-8,11-12,16H,9-10,13-14H2,1H3. The topological polar surface area (TPSA) is 38.8 Å². The van der Waals surface area contributed by atoms with Crippen molar-refractivity contribution in [1.82, 2.24) is 4.90 Å². The molecule has 1 saturated carbocycles. The molecule has 1 aliphatic rings. The maximum absolute atomic E-state index is 12.5. The zero-order chi connectivity index (χ0) is 16.1. The summed E-state index contributed by atoms with van der Waals surface area (Å²) < 4.78 is 10.8. The lowest BCUT2D eigenvalue weighted by atomic mass is 10.2. The van der Waals surface area contributed by atoms with Crippen LogP contribution >= 0.6 is 0 Å². The van der Waals surface area contributed by atoms with Crippen LogP contribution in [-0.4, -0.2) is 30.6 Å². The monoisotopic (exact) mass is 311 g/mol. The second-order valence-electron chi connectivity index (χ2n) is 5.70. The quantitative estimate of drug-likeness (QED) is 0.788. The molecule has 0 unspecified atom stereocenters. The number of nitrogens with zero attached hydrogens (tertiary/aromatic N) is 1. The van der Waals surface area contributed by atoms with Crippen LogP contribution in [0.4, 0.5) is 0 Å². The van der Waals surface area contributed by atoms with Crippen molar-refractivity contribution in [3.8, 4) is 11.5 Å². The van der Waals surface area contributed by atoms with Gasteiger partial charge in [0.25, 0.3) is 5.91 Å². The van der Waals surface area contributed by atoms with E-state index in [1.54, 1.807) is 7.11 Å². The van der Waals surface area contributed by atoms with Crippen LogP contribution in [0.1, 0.15) is 18.4 Å². The summed E-state index contributed by atoms with van der Waals surface area (Å²) in [7, 11) is 1.65. The Morgan fingerprint density at radius 1 is 1.04 bits per heavy atom. The summed E-state index contributed by atoms with van der Waals surface area (Å²) in [6.45, 7) is 0.697. The minimum Gasteiger partial charge on any atom is -0.497 e. The van der Waals surface area contributed by atoms with E-state index in [9.17, 15) is 4.79 Å². The summed E-state index contributed by atoms with van der Waals surface area (Å²) in [5, 5.41) is 0. The number of methoxy groups -OCH3 is 1. The third-order valence-electron chi connectivity index (χ3n) is 3.93. The first-order valence-electron chi connectivity index (χ1n) is 7.86. The summed E-state index contributed by atoms with van der Waals surface area (Å²) in [5.74, 6) is 1.58. The molecule has 23 heavy (non-hydrogen) atoms. The molecule has 0 aromatic heterocycles. The first-order chi connectivity index (χ1) is 11.3. The Labute approximate surface area is 136 Å². The zero-order valence-corrected chi connectivity index (χ0v) is 13.3. The highest BCUT2D eigenvalue weighted by Gasteiger charge is 2.32. The van der Waals surface area contributed by atoms with Crippen LogP contribution in [0.15, 0.2) is 54.6 Å². The van der Waals surface area contributed by atoms with Crippen molar-refractivity contribution in [3.63, 3.8) is 0 Å². The molecule has 3 rings (SSSR count). The van der Waals surface area contributed by atoms with Crippen molar-refractivity contribution in [1.29, 1.82) is 0 Å². The van der Waals surface area contributed by atoms with Crippen molar-refractivity contribution in [2.75, 3.05) is 13.7 Å². The molecule has 0 atom stereocenters. The van der Waals surface area contributed by atoms with Gasteiger partial charge in [0, 0.05) is 12.6 Å². The van der Waals surface area contributed by atoms with Gasteiger partial charge in [-0.2, -0.15) is 0 Å². The third kappa shape index (κ3) is 4.25. The van der Waals surface area contributed by atoms with Crippen molar-refractivity contribution >= 4 is 5.91 Å². The van der Waals surface area contributed by atoms with Crippen molar-refractivity contribution in [2.45, 2.75) is 25.4 Å². The van der Waals surface area contributed by atoms with E-state index in [0.29, 0.717) is 12.6 Å². The molecule has 0 N–H and O–H groups in total. The van der Waals surface area contributed by atoms with Crippen LogP contribution in [0.3, 0.4) is 0 Å². The summed E-state index contributed by atoms with van der Waals surface area (Å²) in [4.78, 5) is 14.4. The highest BCUT2D eigenvalue weighted by Crippen LogP contribution is 2.29. The smallest absolute Gasteiger partial charge is 0.261 e. The van der Waals surface area contributed by atoms with Crippen LogP contribution in [0, 0.1) is 0 Å². The van der Waals surface area contributed by atoms with Crippen LogP contribution in [0.5, 0.6) is 11.5 Å². The van der Waals surface area contributed by atoms with Crippen LogP contribution in [0.2, 0.25) is 0 Å². The predicted octanol–water partition coefficient (Wildman–Crippen LogP) is 3.27. The molecule has 0 spiro atoms. The molecule has 1 amide bonds. The minimum absolute atomic E-state index is 0.0344. The van der Waals surface area contributed by atoms with Gasteiger partial charge in [-0.25, -0.2) is 0 Å². The van der Waals surface area contributed by atoms with E-state index in [1.807, 2.05) is 59.5 Å². The minimum atomic E-state index is 0.0344. The average molecular weight is 311 g/mol. The van der Waals surface area contributed by atoms with Crippen LogP contribution in [0.25, 0.3) is 0 Å². The molecule has 4 nitrogen and oxygen atoms in total. The fourth-order valence-corrected chi connectivity index (χ4v) is 2.48. The number of benzene rings is 2. The summed E-state index contributed by atoms with van der Waals surface area (Å²) in [6, 6.07) is 17.6. The SMILES string of the molecule is COc1ccc(CN(C(=O)COc2ccccc2)C2CC2)cc1. The second kappa shape index (κ2) is 7.18. The van der Waals surface area contributed by atoms with E-state index in [0.717, 1.165) is 29.9 Å². The van der Waals surface area contributed by atoms with Gasteiger partial charge in [-0.1, -0.05) is 30.3 Å². The molecule has 120 valence electrons. The highest BCUT2D eigenvalue weighted by molar-refractivity contribution is 5.78. The lowest BCUT2D eigenvalue weighted by Gasteiger charge is -2.22. The normalized spacial score (nSPS) is 13.4. The number of amides is 1. The Morgan fingerprint density at radius 2 is 1.74 bits per heavy atom. The van der Waals surface area contributed by atoms with Gasteiger partial charge in [-0.3, -0.25) is 4.79 Å². The second-order valence-corrected chi connectivity index (χ2v) is 5.70. The molecule has 4 heteroatoms. The molecule has 1 aliphatic carbocycles. The lowest BCUT2D eigenvalue weighted by molar-refractivity contribution is -0.134. The largest absolute Gasteiger partial charge is 0.497 e. The van der Waals surface area contributed by atoms with E-state index < -0.39 is 0 Å². The number of ether oxygens (including phenoxy) is 2. The molecule has 2 aromatic carbocycles. The summed E-state index contributed by atoms with van der Waals surface area (Å²) in [6.07, 6.45) is 2.15. The Hall–Kier alpha value is -2.49. The lowest BCUT2D eigenvalue weighted by Crippen LogP contribution is -2.36. The van der Waals surface area contributed by atoms with Gasteiger partial charge in [0.2, 0.25) is 0 Å². The Balaban J connectivity index is 1.60. The van der Waals surface area contributed by atoms with Crippen molar-refractivity contribution < 1.29 is 14.3 Å². The molecule has 2 aromatic rings. The number of hydrogen-bond acceptors (Lipinski definition) is 3. The average Bonchev–Trinajstić information content (AvgIpc) is 3.44. The van der Waals surface area contributed by atoms with Crippen molar-refractivity contribution in [3.05, 3.63) is 60.2 Å². The van der Waals surface area contributed by atoms with E-state index in [4.69, 9.17) is 9.47 Å². The van der Waals surface area contributed by atoms with Gasteiger partial charge < -0.3 is 14.4 Å². The van der Waals surface area contributed by atoms with Gasteiger partial charge in [0.15, 0.2) is 6.61 Å². The molecular formula is C19H21NO3. The molecule has 0 aliphatic heterocycles. The molecule has 0 saturated heterocycles. The van der Waals surface area contributed by atoms with E-state index in [2.05, 4.69) is 0 Å². The molecular weight excluding hydrogens is 290 g/mol. The summed E-state index contributed by atoms with van der Waals surface area (Å²) in [5.41, 5.74) is 1.10. The van der Waals surface area contributed by atoms with Gasteiger partial charge in [-0.05, 0) is 42.7 Å². The Bertz CT molecular complexity index is 635. The van der Waals surface area contributed by atoms with Gasteiger partial charge in [-0.15, -0.1) is 0 Å². The van der Waals surface area contributed by atoms with Gasteiger partial charge >= 0.3 is 0 Å². The first kappa shape index (κ1) is 15.4. The fourth-order valence-electron chi connectivity index (χ4n) is 2.48. The Morgan fingerprint density at radius 3 is 2.35 bits per heavy atom. The number of carbonyl (C=O) groups excluding carboxylic acids is 1. The molecule has 0 bridgehead atoms. The molecule has 0 radical (unpaired) electrons. The maximum atomic E-state index is 12.5. The van der Waals surface area contributed by atoms with Crippen molar-refractivity contribution in [2.24, 2.45) is 0 Å². The van der Waals surface area contributed by atoms with Crippen LogP contribution in [-0.2, 0) is 11.3 Å². The highest BCUT2D eigenvalue weighted by atomic mass is 16.5. The third-order valence-corrected chi connectivity index (χ3v) is 3.93. The van der Waals surface area contributed by atoms with E-state index >= 15 is 0 Å². The van der Waals surface area contributed by atoms with E-state index in [1.165, 1.54) is 0 Å². The van der Waals surface area contributed by atoms with E-state index in [-0.39, 0.29) is 12.5 Å². The number of hydrogen-bond donors (Lipinski definition) is 0. The number of rotatable bonds is 7. The fraction of sp³-hybridized carbons (Fsp3) is 0.316. The number of para-hydroxylation sites is 1. The van der Waals surface area contributed by atoms with Crippen LogP contribution < -0.4 is 9.47 Å². The Kier molecular flexibility index (Phi) is 4.81. The maximum Gasteiger partial charge on any atom is 0.261 e. The molecule has 0 heterocycles. The molecule has 1 fully saturated rings. The zero-order valence-electron chi connectivity index (χ0n) is 13.3. The summed E-state index contributed by atoms with van der Waals surface area (Å²) >= 11 is 0. The van der Waals surface area contributed by atoms with Gasteiger partial charge in [0.1, 0.15) is 11.5 Å². The first-order valence-corrected chi connectivity index (χ1v) is 7.86.